The van der Waals surface area contributed by atoms with Crippen LogP contribution >= 0.6 is 0 Å². The van der Waals surface area contributed by atoms with Crippen molar-refractivity contribution in [1.82, 2.24) is 0 Å². The van der Waals surface area contributed by atoms with E-state index in [-0.39, 0.29) is 12.1 Å². The maximum absolute atomic E-state index is 13.3. The van der Waals surface area contributed by atoms with Crippen molar-refractivity contribution in [2.45, 2.75) is 39.7 Å². The van der Waals surface area contributed by atoms with Crippen LogP contribution in [0.4, 0.5) is 15.8 Å². The van der Waals surface area contributed by atoms with Crippen molar-refractivity contribution < 1.29 is 17.6 Å². The summed E-state index contributed by atoms with van der Waals surface area (Å²) in [6.45, 7) is 5.62. The number of carbonyl (C=O) groups excluding carboxylic acids is 1. The molecule has 2 aromatic carbocycles. The number of nitrogens with one attached hydrogen (secondary N) is 1. The van der Waals surface area contributed by atoms with Gasteiger partial charge in [-0.15, -0.1) is 0 Å². The first-order chi connectivity index (χ1) is 12.7. The molecule has 2 aromatic rings. The van der Waals surface area contributed by atoms with Gasteiger partial charge in [-0.3, -0.25) is 9.10 Å². The molecule has 0 spiro atoms. The molecule has 0 unspecified atom stereocenters. The van der Waals surface area contributed by atoms with Crippen LogP contribution in [-0.4, -0.2) is 26.6 Å². The van der Waals surface area contributed by atoms with Gasteiger partial charge < -0.3 is 5.32 Å². The zero-order chi connectivity index (χ0) is 20.2. The summed E-state index contributed by atoms with van der Waals surface area (Å²) < 4.78 is 39.1. The van der Waals surface area contributed by atoms with Gasteiger partial charge in [0.25, 0.3) is 0 Å². The van der Waals surface area contributed by atoms with Gasteiger partial charge in [0.05, 0.1) is 11.9 Å². The minimum Gasteiger partial charge on any atom is -0.324 e. The number of nitrogens with zero attached hydrogens (tertiary/aromatic N) is 1. The fourth-order valence-corrected chi connectivity index (χ4v) is 4.27. The Morgan fingerprint density at radius 1 is 1.15 bits per heavy atom. The molecule has 1 amide bonds. The second-order valence-electron chi connectivity index (χ2n) is 6.41. The van der Waals surface area contributed by atoms with Gasteiger partial charge in [-0.25, -0.2) is 12.8 Å². The molecule has 7 heteroatoms. The van der Waals surface area contributed by atoms with Crippen LogP contribution in [0.25, 0.3) is 0 Å². The number of rotatable bonds is 7. The standard InChI is InChI=1S/C20H25FN2O3S/c1-5-15-9-7-8-14(3)19(15)22-20(24)18(6-2)23(27(4,25)26)17-12-10-16(21)11-13-17/h7-13,18H,5-6H2,1-4H3,(H,22,24)/t18-/m1/s1. The number of sulfonamides is 1. The van der Waals surface area contributed by atoms with Crippen LogP contribution < -0.4 is 9.62 Å². The van der Waals surface area contributed by atoms with Crippen LogP contribution in [-0.2, 0) is 21.2 Å². The zero-order valence-electron chi connectivity index (χ0n) is 16.0. The Balaban J connectivity index is 2.43. The molecule has 0 radical (unpaired) electrons. The van der Waals surface area contributed by atoms with Gasteiger partial charge in [-0.2, -0.15) is 0 Å². The molecule has 27 heavy (non-hydrogen) atoms. The van der Waals surface area contributed by atoms with Gasteiger partial charge in [0.2, 0.25) is 15.9 Å². The summed E-state index contributed by atoms with van der Waals surface area (Å²) in [5, 5.41) is 2.90. The van der Waals surface area contributed by atoms with Crippen LogP contribution in [0, 0.1) is 12.7 Å². The average Bonchev–Trinajstić information content (AvgIpc) is 2.61. The predicted molar refractivity (Wildman–Crippen MR) is 107 cm³/mol. The summed E-state index contributed by atoms with van der Waals surface area (Å²) in [5.74, 6) is -0.895. The summed E-state index contributed by atoms with van der Waals surface area (Å²) in [7, 11) is -3.76. The van der Waals surface area contributed by atoms with Gasteiger partial charge in [0.1, 0.15) is 11.9 Å². The number of halogens is 1. The molecule has 0 aliphatic carbocycles. The Morgan fingerprint density at radius 3 is 2.30 bits per heavy atom. The normalized spacial score (nSPS) is 12.5. The first-order valence-electron chi connectivity index (χ1n) is 8.83. The second kappa shape index (κ2) is 8.52. The summed E-state index contributed by atoms with van der Waals surface area (Å²) in [5.41, 5.74) is 2.84. The van der Waals surface area contributed by atoms with E-state index in [0.717, 1.165) is 28.1 Å². The number of carbonyl (C=O) groups is 1. The van der Waals surface area contributed by atoms with Gasteiger partial charge in [-0.05, 0) is 55.2 Å². The number of benzene rings is 2. The van der Waals surface area contributed by atoms with Gasteiger partial charge >= 0.3 is 0 Å². The van der Waals surface area contributed by atoms with Crippen molar-refractivity contribution in [2.75, 3.05) is 15.9 Å². The van der Waals surface area contributed by atoms with Crippen LogP contribution in [0.2, 0.25) is 0 Å². The Morgan fingerprint density at radius 2 is 1.78 bits per heavy atom. The Labute approximate surface area is 160 Å². The number of hydrogen-bond donors (Lipinski definition) is 1. The van der Waals surface area contributed by atoms with E-state index in [0.29, 0.717) is 5.69 Å². The highest BCUT2D eigenvalue weighted by Gasteiger charge is 2.32. The zero-order valence-corrected chi connectivity index (χ0v) is 16.8. The topological polar surface area (TPSA) is 66.5 Å². The third kappa shape index (κ3) is 4.86. The van der Waals surface area contributed by atoms with E-state index in [1.165, 1.54) is 24.3 Å². The largest absolute Gasteiger partial charge is 0.324 e. The van der Waals surface area contributed by atoms with E-state index in [9.17, 15) is 17.6 Å². The minimum atomic E-state index is -3.76. The van der Waals surface area contributed by atoms with E-state index < -0.39 is 27.8 Å². The lowest BCUT2D eigenvalue weighted by Crippen LogP contribution is -2.47. The molecule has 5 nitrogen and oxygen atoms in total. The molecular weight excluding hydrogens is 367 g/mol. The van der Waals surface area contributed by atoms with E-state index in [4.69, 9.17) is 0 Å². The monoisotopic (exact) mass is 392 g/mol. The third-order valence-corrected chi connectivity index (χ3v) is 5.58. The highest BCUT2D eigenvalue weighted by atomic mass is 32.2. The van der Waals surface area contributed by atoms with Crippen molar-refractivity contribution in [2.24, 2.45) is 0 Å². The minimum absolute atomic E-state index is 0.251. The molecule has 0 fully saturated rings. The second-order valence-corrected chi connectivity index (χ2v) is 8.27. The molecule has 0 aliphatic heterocycles. The predicted octanol–water partition coefficient (Wildman–Crippen LogP) is 3.88. The summed E-state index contributed by atoms with van der Waals surface area (Å²) >= 11 is 0. The number of aryl methyl sites for hydroxylation is 2. The van der Waals surface area contributed by atoms with E-state index >= 15 is 0 Å². The number of amides is 1. The molecule has 1 N–H and O–H groups in total. The van der Waals surface area contributed by atoms with Gasteiger partial charge in [0, 0.05) is 5.69 Å². The number of anilines is 2. The quantitative estimate of drug-likeness (QED) is 0.778. The first kappa shape index (κ1) is 20.9. The third-order valence-electron chi connectivity index (χ3n) is 4.40. The lowest BCUT2D eigenvalue weighted by Gasteiger charge is -2.30. The van der Waals surface area contributed by atoms with Crippen LogP contribution in [0.3, 0.4) is 0 Å². The highest BCUT2D eigenvalue weighted by molar-refractivity contribution is 7.92. The van der Waals surface area contributed by atoms with Crippen LogP contribution in [0.5, 0.6) is 0 Å². The van der Waals surface area contributed by atoms with Crippen LogP contribution in [0.1, 0.15) is 31.4 Å². The molecule has 2 rings (SSSR count). The highest BCUT2D eigenvalue weighted by Crippen LogP contribution is 2.26. The summed E-state index contributed by atoms with van der Waals surface area (Å²) in [4.78, 5) is 13.0. The molecule has 1 atom stereocenters. The summed E-state index contributed by atoms with van der Waals surface area (Å²) in [6.07, 6.45) is 2.04. The molecule has 146 valence electrons. The Bertz CT molecular complexity index is 911. The smallest absolute Gasteiger partial charge is 0.248 e. The SMILES string of the molecule is CCc1cccc(C)c1NC(=O)[C@@H](CC)N(c1ccc(F)cc1)S(C)(=O)=O. The molecule has 0 heterocycles. The van der Waals surface area contributed by atoms with Gasteiger partial charge in [-0.1, -0.05) is 32.0 Å². The van der Waals surface area contributed by atoms with E-state index in [2.05, 4.69) is 5.32 Å². The molecule has 0 aliphatic rings. The van der Waals surface area contributed by atoms with Crippen LogP contribution in [0.15, 0.2) is 42.5 Å². The maximum Gasteiger partial charge on any atom is 0.248 e. The molecule has 0 bridgehead atoms. The molecule has 0 aromatic heterocycles. The maximum atomic E-state index is 13.3. The van der Waals surface area contributed by atoms with Crippen molar-refractivity contribution >= 4 is 27.3 Å². The van der Waals surface area contributed by atoms with Gasteiger partial charge in [0.15, 0.2) is 0 Å². The van der Waals surface area contributed by atoms with E-state index in [1.807, 2.05) is 32.0 Å². The average molecular weight is 392 g/mol. The first-order valence-corrected chi connectivity index (χ1v) is 10.7. The fourth-order valence-electron chi connectivity index (χ4n) is 3.06. The van der Waals surface area contributed by atoms with Crippen molar-refractivity contribution in [3.8, 4) is 0 Å². The number of para-hydroxylation sites is 1. The lowest BCUT2D eigenvalue weighted by molar-refractivity contribution is -0.117. The van der Waals surface area contributed by atoms with Crippen molar-refractivity contribution in [1.29, 1.82) is 0 Å². The summed E-state index contributed by atoms with van der Waals surface area (Å²) in [6, 6.07) is 9.86. The molecule has 0 saturated carbocycles. The lowest BCUT2D eigenvalue weighted by atomic mass is 10.0. The van der Waals surface area contributed by atoms with Crippen molar-refractivity contribution in [3.63, 3.8) is 0 Å². The van der Waals surface area contributed by atoms with E-state index in [1.54, 1.807) is 6.92 Å². The molecule has 0 saturated heterocycles. The Hall–Kier alpha value is -2.41. The van der Waals surface area contributed by atoms with Crippen molar-refractivity contribution in [3.05, 3.63) is 59.4 Å². The molecular formula is C20H25FN2O3S. The fraction of sp³-hybridized carbons (Fsp3) is 0.350. The Kier molecular flexibility index (Phi) is 6.59. The number of hydrogen-bond acceptors (Lipinski definition) is 3.